The highest BCUT2D eigenvalue weighted by Gasteiger charge is 2.22. The van der Waals surface area contributed by atoms with Crippen LogP contribution in [0.15, 0.2) is 40.3 Å². The molecule has 0 saturated heterocycles. The minimum atomic E-state index is -4.02. The SMILES string of the molecule is CCOc1cc(/C=N/NS(=O)(=O)c2ccc(OC)c(OC)c2)cc([N+](=O)[O-])c1OCC. The van der Waals surface area contributed by atoms with E-state index in [-0.39, 0.29) is 46.6 Å². The number of nitrogens with zero attached hydrogens (tertiary/aromatic N) is 2. The Balaban J connectivity index is 2.33. The van der Waals surface area contributed by atoms with Gasteiger partial charge in [0.2, 0.25) is 5.75 Å². The normalized spacial score (nSPS) is 11.2. The Hall–Kier alpha value is -3.54. The highest BCUT2D eigenvalue weighted by molar-refractivity contribution is 7.89. The number of methoxy groups -OCH3 is 2. The van der Waals surface area contributed by atoms with Gasteiger partial charge in [0.05, 0.1) is 43.5 Å². The smallest absolute Gasteiger partial charge is 0.315 e. The molecule has 0 aliphatic heterocycles. The first-order valence-corrected chi connectivity index (χ1v) is 10.6. The molecule has 2 aromatic rings. The molecule has 2 rings (SSSR count). The highest BCUT2D eigenvalue weighted by atomic mass is 32.2. The fourth-order valence-electron chi connectivity index (χ4n) is 2.58. The summed E-state index contributed by atoms with van der Waals surface area (Å²) in [6.07, 6.45) is 1.13. The lowest BCUT2D eigenvalue weighted by molar-refractivity contribution is -0.385. The van der Waals surface area contributed by atoms with E-state index in [1.165, 1.54) is 44.6 Å². The molecule has 0 aliphatic carbocycles. The van der Waals surface area contributed by atoms with E-state index >= 15 is 0 Å². The van der Waals surface area contributed by atoms with Crippen molar-refractivity contribution in [2.45, 2.75) is 18.7 Å². The van der Waals surface area contributed by atoms with Crippen LogP contribution >= 0.6 is 0 Å². The van der Waals surface area contributed by atoms with Crippen LogP contribution in [0.5, 0.6) is 23.0 Å². The van der Waals surface area contributed by atoms with Crippen LogP contribution in [0, 0.1) is 10.1 Å². The maximum absolute atomic E-state index is 12.5. The van der Waals surface area contributed by atoms with E-state index in [0.717, 1.165) is 6.21 Å². The van der Waals surface area contributed by atoms with Crippen molar-refractivity contribution in [1.29, 1.82) is 0 Å². The van der Waals surface area contributed by atoms with E-state index in [1.54, 1.807) is 13.8 Å². The van der Waals surface area contributed by atoms with E-state index in [1.807, 2.05) is 0 Å². The third kappa shape index (κ3) is 5.75. The molecule has 1 N–H and O–H groups in total. The number of benzene rings is 2. The van der Waals surface area contributed by atoms with Crippen molar-refractivity contribution >= 4 is 21.9 Å². The molecule has 0 fully saturated rings. The fraction of sp³-hybridized carbons (Fsp3) is 0.316. The van der Waals surface area contributed by atoms with Crippen molar-refractivity contribution in [3.05, 3.63) is 46.0 Å². The van der Waals surface area contributed by atoms with Crippen LogP contribution < -0.4 is 23.8 Å². The first-order chi connectivity index (χ1) is 14.8. The highest BCUT2D eigenvalue weighted by Crippen LogP contribution is 2.38. The number of hydrogen-bond acceptors (Lipinski definition) is 9. The number of rotatable bonds is 11. The summed E-state index contributed by atoms with van der Waals surface area (Å²) in [6, 6.07) is 6.73. The molecule has 11 nitrogen and oxygen atoms in total. The summed E-state index contributed by atoms with van der Waals surface area (Å²) in [5.74, 6) is 0.758. The molecule has 2 aromatic carbocycles. The monoisotopic (exact) mass is 453 g/mol. The van der Waals surface area contributed by atoms with Gasteiger partial charge in [-0.1, -0.05) is 0 Å². The van der Waals surface area contributed by atoms with Gasteiger partial charge in [-0.3, -0.25) is 10.1 Å². The summed E-state index contributed by atoms with van der Waals surface area (Å²) in [6.45, 7) is 3.88. The lowest BCUT2D eigenvalue weighted by Gasteiger charge is -2.12. The molecule has 12 heteroatoms. The Morgan fingerprint density at radius 3 is 2.29 bits per heavy atom. The van der Waals surface area contributed by atoms with Gasteiger partial charge in [-0.2, -0.15) is 13.5 Å². The predicted molar refractivity (Wildman–Crippen MR) is 113 cm³/mol. The molecule has 0 atom stereocenters. The second-order valence-electron chi connectivity index (χ2n) is 5.86. The third-order valence-electron chi connectivity index (χ3n) is 3.89. The summed E-state index contributed by atoms with van der Waals surface area (Å²) < 4.78 is 46.0. The maximum atomic E-state index is 12.5. The molecule has 0 amide bonds. The van der Waals surface area contributed by atoms with Gasteiger partial charge in [-0.05, 0) is 32.0 Å². The average molecular weight is 453 g/mol. The number of nitro benzene ring substituents is 1. The quantitative estimate of drug-likeness (QED) is 0.311. The molecule has 0 bridgehead atoms. The van der Waals surface area contributed by atoms with Crippen molar-refractivity contribution in [3.63, 3.8) is 0 Å². The molecule has 0 saturated carbocycles. The van der Waals surface area contributed by atoms with Crippen LogP contribution in [-0.2, 0) is 10.0 Å². The van der Waals surface area contributed by atoms with Crippen molar-refractivity contribution in [2.75, 3.05) is 27.4 Å². The van der Waals surface area contributed by atoms with E-state index in [2.05, 4.69) is 9.93 Å². The Labute approximate surface area is 179 Å². The van der Waals surface area contributed by atoms with Gasteiger partial charge < -0.3 is 18.9 Å². The van der Waals surface area contributed by atoms with Gasteiger partial charge in [-0.25, -0.2) is 4.83 Å². The first-order valence-electron chi connectivity index (χ1n) is 9.12. The summed E-state index contributed by atoms with van der Waals surface area (Å²) in [5, 5.41) is 15.1. The third-order valence-corrected chi connectivity index (χ3v) is 5.11. The van der Waals surface area contributed by atoms with Gasteiger partial charge in [0, 0.05) is 17.7 Å². The standard InChI is InChI=1S/C19H23N3O8S/c1-5-29-18-10-13(9-15(22(23)24)19(18)30-6-2)12-20-21-31(25,26)14-7-8-16(27-3)17(11-14)28-4/h7-12,21H,5-6H2,1-4H3/b20-12+. The Morgan fingerprint density at radius 1 is 1.03 bits per heavy atom. The summed E-state index contributed by atoms with van der Waals surface area (Å²) in [5.41, 5.74) is -0.0781. The predicted octanol–water partition coefficient (Wildman–Crippen LogP) is 2.72. The topological polar surface area (TPSA) is 139 Å². The van der Waals surface area contributed by atoms with Crippen LogP contribution in [0.25, 0.3) is 0 Å². The summed E-state index contributed by atoms with van der Waals surface area (Å²) >= 11 is 0. The Kier molecular flexibility index (Phi) is 8.02. The molecule has 0 aromatic heterocycles. The molecule has 31 heavy (non-hydrogen) atoms. The van der Waals surface area contributed by atoms with Gasteiger partial charge in [0.1, 0.15) is 0 Å². The molecule has 168 valence electrons. The number of nitro groups is 1. The van der Waals surface area contributed by atoms with Crippen LogP contribution in [0.4, 0.5) is 5.69 Å². The van der Waals surface area contributed by atoms with E-state index in [9.17, 15) is 18.5 Å². The molecule has 0 radical (unpaired) electrons. The van der Waals surface area contributed by atoms with E-state index in [0.29, 0.717) is 5.75 Å². The van der Waals surface area contributed by atoms with Crippen LogP contribution in [-0.4, -0.2) is 47.0 Å². The Bertz CT molecular complexity index is 1070. The summed E-state index contributed by atoms with van der Waals surface area (Å²) in [4.78, 5) is 12.8. The van der Waals surface area contributed by atoms with Crippen LogP contribution in [0.3, 0.4) is 0 Å². The van der Waals surface area contributed by atoms with Crippen molar-refractivity contribution in [3.8, 4) is 23.0 Å². The second kappa shape index (κ2) is 10.5. The van der Waals surface area contributed by atoms with Gasteiger partial charge in [0.15, 0.2) is 17.2 Å². The molecule has 0 aliphatic rings. The van der Waals surface area contributed by atoms with Gasteiger partial charge in [0.25, 0.3) is 10.0 Å². The number of ether oxygens (including phenoxy) is 4. The number of sulfonamides is 1. The zero-order valence-electron chi connectivity index (χ0n) is 17.4. The molecule has 0 heterocycles. The largest absolute Gasteiger partial charge is 0.493 e. The van der Waals surface area contributed by atoms with Gasteiger partial charge in [-0.15, -0.1) is 0 Å². The van der Waals surface area contributed by atoms with Gasteiger partial charge >= 0.3 is 5.69 Å². The average Bonchev–Trinajstić information content (AvgIpc) is 2.74. The lowest BCUT2D eigenvalue weighted by atomic mass is 10.2. The fourth-order valence-corrected chi connectivity index (χ4v) is 3.38. The summed E-state index contributed by atoms with van der Waals surface area (Å²) in [7, 11) is -1.21. The number of nitrogens with one attached hydrogen (secondary N) is 1. The molecular formula is C19H23N3O8S. The van der Waals surface area contributed by atoms with Crippen molar-refractivity contribution < 1.29 is 32.3 Å². The van der Waals surface area contributed by atoms with E-state index in [4.69, 9.17) is 18.9 Å². The zero-order valence-corrected chi connectivity index (χ0v) is 18.3. The van der Waals surface area contributed by atoms with Crippen LogP contribution in [0.1, 0.15) is 19.4 Å². The maximum Gasteiger partial charge on any atom is 0.315 e. The molecule has 0 unspecified atom stereocenters. The molecule has 0 spiro atoms. The van der Waals surface area contributed by atoms with E-state index < -0.39 is 14.9 Å². The van der Waals surface area contributed by atoms with Crippen LogP contribution in [0.2, 0.25) is 0 Å². The minimum absolute atomic E-state index is 0.00240. The van der Waals surface area contributed by atoms with Crippen molar-refractivity contribution in [1.82, 2.24) is 4.83 Å². The Morgan fingerprint density at radius 2 is 1.71 bits per heavy atom. The number of hydrogen-bond donors (Lipinski definition) is 1. The number of hydrazone groups is 1. The lowest BCUT2D eigenvalue weighted by Crippen LogP contribution is -2.18. The van der Waals surface area contributed by atoms with Crippen molar-refractivity contribution in [2.24, 2.45) is 5.10 Å². The zero-order chi connectivity index (χ0) is 23.0. The minimum Gasteiger partial charge on any atom is -0.493 e. The second-order valence-corrected chi connectivity index (χ2v) is 7.52. The molecular weight excluding hydrogens is 430 g/mol. The first kappa shape index (κ1) is 23.7.